The summed E-state index contributed by atoms with van der Waals surface area (Å²) in [6.07, 6.45) is 2.11. The molecule has 0 aliphatic carbocycles. The van der Waals surface area contributed by atoms with Gasteiger partial charge in [-0.25, -0.2) is 13.2 Å². The molecule has 5 nitrogen and oxygen atoms in total. The molecule has 0 aromatic heterocycles. The van der Waals surface area contributed by atoms with Gasteiger partial charge in [0.15, 0.2) is 9.84 Å². The molecule has 1 aliphatic heterocycles. The molecule has 0 amide bonds. The first-order valence-corrected chi connectivity index (χ1v) is 8.82. The Kier molecular flexibility index (Phi) is 4.88. The summed E-state index contributed by atoms with van der Waals surface area (Å²) in [5.74, 6) is -0.198. The van der Waals surface area contributed by atoms with Crippen molar-refractivity contribution in [2.45, 2.75) is 37.1 Å². The Hall–Kier alpha value is -1.56. The van der Waals surface area contributed by atoms with Crippen LogP contribution in [0.4, 0.5) is 5.69 Å². The number of hydrogen-bond donors (Lipinski definition) is 0. The molecule has 1 heterocycles. The molecule has 0 spiro atoms. The fourth-order valence-corrected chi connectivity index (χ4v) is 4.32. The highest BCUT2D eigenvalue weighted by Crippen LogP contribution is 2.32. The largest absolute Gasteiger partial charge is 0.467 e. The molecule has 0 radical (unpaired) electrons. The molecule has 0 N–H and O–H groups in total. The number of anilines is 1. The Morgan fingerprint density at radius 1 is 1.38 bits per heavy atom. The van der Waals surface area contributed by atoms with Crippen molar-refractivity contribution in [3.05, 3.63) is 24.3 Å². The van der Waals surface area contributed by atoms with Crippen LogP contribution in [0.5, 0.6) is 0 Å². The standard InChI is InChI=1S/C15H21NO4S/c1-3-11-21(18,19)14-9-5-4-7-12(14)16-10-6-8-13(16)15(17)20-2/h4-5,7,9,13H,3,6,8,10-11H2,1-2H3. The number of ether oxygens (including phenoxy) is 1. The number of methoxy groups -OCH3 is 1. The molecule has 1 aliphatic rings. The van der Waals surface area contributed by atoms with Crippen molar-refractivity contribution in [3.63, 3.8) is 0 Å². The van der Waals surface area contributed by atoms with Crippen LogP contribution in [0.15, 0.2) is 29.2 Å². The van der Waals surface area contributed by atoms with E-state index in [2.05, 4.69) is 0 Å². The maximum Gasteiger partial charge on any atom is 0.328 e. The molecule has 6 heteroatoms. The molecule has 0 bridgehead atoms. The van der Waals surface area contributed by atoms with Gasteiger partial charge in [-0.2, -0.15) is 0 Å². The van der Waals surface area contributed by atoms with E-state index in [4.69, 9.17) is 4.74 Å². The van der Waals surface area contributed by atoms with Gasteiger partial charge in [0.05, 0.1) is 23.4 Å². The SMILES string of the molecule is CCCS(=O)(=O)c1ccccc1N1CCCC1C(=O)OC. The highest BCUT2D eigenvalue weighted by molar-refractivity contribution is 7.91. The fourth-order valence-electron chi connectivity index (χ4n) is 2.77. The lowest BCUT2D eigenvalue weighted by Crippen LogP contribution is -2.37. The molecule has 1 fully saturated rings. The fraction of sp³-hybridized carbons (Fsp3) is 0.533. The zero-order valence-corrected chi connectivity index (χ0v) is 13.2. The van der Waals surface area contributed by atoms with Crippen LogP contribution in [-0.2, 0) is 19.4 Å². The Bertz CT molecular complexity index is 612. The van der Waals surface area contributed by atoms with Gasteiger partial charge >= 0.3 is 5.97 Å². The number of para-hydroxylation sites is 1. The van der Waals surface area contributed by atoms with Gasteiger partial charge in [0.1, 0.15) is 6.04 Å². The molecule has 21 heavy (non-hydrogen) atoms. The molecular weight excluding hydrogens is 290 g/mol. The van der Waals surface area contributed by atoms with Crippen LogP contribution in [-0.4, -0.2) is 39.8 Å². The summed E-state index contributed by atoms with van der Waals surface area (Å²) in [4.78, 5) is 14.0. The maximum atomic E-state index is 12.4. The van der Waals surface area contributed by atoms with Crippen molar-refractivity contribution in [1.82, 2.24) is 0 Å². The van der Waals surface area contributed by atoms with E-state index in [1.165, 1.54) is 7.11 Å². The Morgan fingerprint density at radius 3 is 2.76 bits per heavy atom. The monoisotopic (exact) mass is 311 g/mol. The average molecular weight is 311 g/mol. The summed E-state index contributed by atoms with van der Waals surface area (Å²) in [5, 5.41) is 0. The minimum atomic E-state index is -3.33. The number of hydrogen-bond acceptors (Lipinski definition) is 5. The Morgan fingerprint density at radius 2 is 2.10 bits per heavy atom. The van der Waals surface area contributed by atoms with Gasteiger partial charge in [-0.05, 0) is 31.4 Å². The van der Waals surface area contributed by atoms with E-state index in [1.807, 2.05) is 11.8 Å². The number of carbonyl (C=O) groups excluding carboxylic acids is 1. The first-order valence-electron chi connectivity index (χ1n) is 7.17. The molecule has 1 atom stereocenters. The third kappa shape index (κ3) is 3.20. The van der Waals surface area contributed by atoms with E-state index in [9.17, 15) is 13.2 Å². The van der Waals surface area contributed by atoms with Crippen molar-refractivity contribution in [2.75, 3.05) is 24.3 Å². The summed E-state index contributed by atoms with van der Waals surface area (Å²) in [5.41, 5.74) is 0.610. The van der Waals surface area contributed by atoms with E-state index < -0.39 is 15.9 Å². The van der Waals surface area contributed by atoms with Crippen molar-refractivity contribution in [1.29, 1.82) is 0 Å². The molecule has 116 valence electrons. The Labute approximate surface area is 125 Å². The number of rotatable bonds is 5. The predicted molar refractivity (Wildman–Crippen MR) is 81.2 cm³/mol. The van der Waals surface area contributed by atoms with E-state index in [0.717, 1.165) is 6.42 Å². The lowest BCUT2D eigenvalue weighted by atomic mass is 10.2. The average Bonchev–Trinajstić information content (AvgIpc) is 2.95. The predicted octanol–water partition coefficient (Wildman–Crippen LogP) is 2.01. The second-order valence-electron chi connectivity index (χ2n) is 5.16. The van der Waals surface area contributed by atoms with E-state index in [1.54, 1.807) is 24.3 Å². The summed E-state index contributed by atoms with van der Waals surface area (Å²) in [7, 11) is -1.97. The van der Waals surface area contributed by atoms with Crippen molar-refractivity contribution < 1.29 is 17.9 Å². The quantitative estimate of drug-likeness (QED) is 0.778. The van der Waals surface area contributed by atoms with Crippen molar-refractivity contribution >= 4 is 21.5 Å². The first-order chi connectivity index (χ1) is 10.0. The van der Waals surface area contributed by atoms with Crippen LogP contribution in [0.25, 0.3) is 0 Å². The van der Waals surface area contributed by atoms with Gasteiger partial charge in [-0.1, -0.05) is 19.1 Å². The second-order valence-corrected chi connectivity index (χ2v) is 7.24. The minimum Gasteiger partial charge on any atom is -0.467 e. The molecule has 0 saturated carbocycles. The van der Waals surface area contributed by atoms with Gasteiger partial charge in [0.2, 0.25) is 0 Å². The van der Waals surface area contributed by atoms with Crippen LogP contribution in [0.3, 0.4) is 0 Å². The number of nitrogens with zero attached hydrogens (tertiary/aromatic N) is 1. The lowest BCUT2D eigenvalue weighted by Gasteiger charge is -2.26. The summed E-state index contributed by atoms with van der Waals surface area (Å²) in [6.45, 7) is 2.51. The van der Waals surface area contributed by atoms with Crippen molar-refractivity contribution in [2.24, 2.45) is 0 Å². The highest BCUT2D eigenvalue weighted by atomic mass is 32.2. The molecule has 1 aromatic rings. The third-order valence-electron chi connectivity index (χ3n) is 3.71. The number of esters is 1. The second kappa shape index (κ2) is 6.47. The Balaban J connectivity index is 2.43. The minimum absolute atomic E-state index is 0.112. The topological polar surface area (TPSA) is 63.7 Å². The van der Waals surface area contributed by atoms with E-state index in [0.29, 0.717) is 30.0 Å². The van der Waals surface area contributed by atoms with Crippen LogP contribution < -0.4 is 4.90 Å². The van der Waals surface area contributed by atoms with E-state index in [-0.39, 0.29) is 11.7 Å². The van der Waals surface area contributed by atoms with Crippen LogP contribution in [0.1, 0.15) is 26.2 Å². The normalized spacial score (nSPS) is 18.8. The number of benzene rings is 1. The molecule has 1 unspecified atom stereocenters. The van der Waals surface area contributed by atoms with Crippen LogP contribution in [0, 0.1) is 0 Å². The maximum absolute atomic E-state index is 12.4. The smallest absolute Gasteiger partial charge is 0.328 e. The molecule has 1 aromatic carbocycles. The molecule has 1 saturated heterocycles. The zero-order valence-electron chi connectivity index (χ0n) is 12.4. The zero-order chi connectivity index (χ0) is 15.5. The number of carbonyl (C=O) groups is 1. The summed E-state index contributed by atoms with van der Waals surface area (Å²) >= 11 is 0. The highest BCUT2D eigenvalue weighted by Gasteiger charge is 2.34. The lowest BCUT2D eigenvalue weighted by molar-refractivity contribution is -0.141. The van der Waals surface area contributed by atoms with E-state index >= 15 is 0 Å². The van der Waals surface area contributed by atoms with Gasteiger partial charge in [0, 0.05) is 6.54 Å². The van der Waals surface area contributed by atoms with Gasteiger partial charge in [-0.3, -0.25) is 0 Å². The molecular formula is C15H21NO4S. The number of sulfone groups is 1. The van der Waals surface area contributed by atoms with Gasteiger partial charge in [0.25, 0.3) is 0 Å². The first kappa shape index (κ1) is 15.8. The van der Waals surface area contributed by atoms with Crippen molar-refractivity contribution in [3.8, 4) is 0 Å². The third-order valence-corrected chi connectivity index (χ3v) is 5.67. The van der Waals surface area contributed by atoms with Gasteiger partial charge < -0.3 is 9.64 Å². The van der Waals surface area contributed by atoms with Crippen LogP contribution in [0.2, 0.25) is 0 Å². The van der Waals surface area contributed by atoms with Crippen LogP contribution >= 0.6 is 0 Å². The summed E-state index contributed by atoms with van der Waals surface area (Å²) in [6, 6.07) is 6.51. The van der Waals surface area contributed by atoms with Gasteiger partial charge in [-0.15, -0.1) is 0 Å². The summed E-state index contributed by atoms with van der Waals surface area (Å²) < 4.78 is 29.7. The molecule has 2 rings (SSSR count).